The number of nitrogens with zero attached hydrogens (tertiary/aromatic N) is 1. The number of amides is 1. The van der Waals surface area contributed by atoms with E-state index in [-0.39, 0.29) is 18.0 Å². The van der Waals surface area contributed by atoms with Crippen molar-refractivity contribution in [2.24, 2.45) is 0 Å². The molecule has 0 aromatic heterocycles. The van der Waals surface area contributed by atoms with Gasteiger partial charge >= 0.3 is 0 Å². The van der Waals surface area contributed by atoms with Crippen LogP contribution in [0.1, 0.15) is 47.0 Å². The lowest BCUT2D eigenvalue weighted by molar-refractivity contribution is -0.122. The monoisotopic (exact) mass is 291 g/mol. The summed E-state index contributed by atoms with van der Waals surface area (Å²) in [6.07, 6.45) is 2.88. The molecule has 0 saturated carbocycles. The molecule has 0 aliphatic carbocycles. The number of carbonyl (C=O) groups excluding carboxylic acids is 1. The normalized spacial score (nSPS) is 12.2. The number of anilines is 2. The number of carbonyl (C=O) groups is 1. The standard InChI is InChI=1S/C17H29N3O/c1-5-12-20(16-11-9-8-10-15(16)18)13(4)17(21)19-14(6-2)7-3/h8-11,13-14H,5-7,12,18H2,1-4H3,(H,19,21). The van der Waals surface area contributed by atoms with Crippen LogP contribution in [0.3, 0.4) is 0 Å². The van der Waals surface area contributed by atoms with Crippen molar-refractivity contribution in [3.8, 4) is 0 Å². The van der Waals surface area contributed by atoms with Crippen molar-refractivity contribution in [2.75, 3.05) is 17.2 Å². The van der Waals surface area contributed by atoms with Crippen molar-refractivity contribution in [1.82, 2.24) is 5.32 Å². The molecule has 1 atom stereocenters. The van der Waals surface area contributed by atoms with E-state index in [1.807, 2.05) is 31.2 Å². The fourth-order valence-electron chi connectivity index (χ4n) is 2.47. The highest BCUT2D eigenvalue weighted by molar-refractivity contribution is 5.86. The Morgan fingerprint density at radius 2 is 1.86 bits per heavy atom. The molecule has 21 heavy (non-hydrogen) atoms. The second-order valence-electron chi connectivity index (χ2n) is 5.45. The summed E-state index contributed by atoms with van der Waals surface area (Å²) in [6, 6.07) is 7.75. The molecule has 0 aliphatic rings. The Labute approximate surface area is 128 Å². The fourth-order valence-corrected chi connectivity index (χ4v) is 2.47. The van der Waals surface area contributed by atoms with E-state index in [1.165, 1.54) is 0 Å². The molecule has 4 heteroatoms. The summed E-state index contributed by atoms with van der Waals surface area (Å²) in [5.41, 5.74) is 7.72. The van der Waals surface area contributed by atoms with Gasteiger partial charge in [0.1, 0.15) is 6.04 Å². The van der Waals surface area contributed by atoms with Crippen LogP contribution < -0.4 is 16.0 Å². The number of hydrogen-bond acceptors (Lipinski definition) is 3. The van der Waals surface area contributed by atoms with Crippen LogP contribution >= 0.6 is 0 Å². The molecule has 0 fully saturated rings. The molecule has 0 saturated heterocycles. The van der Waals surface area contributed by atoms with Crippen molar-refractivity contribution < 1.29 is 4.79 Å². The van der Waals surface area contributed by atoms with E-state index in [4.69, 9.17) is 5.73 Å². The maximum Gasteiger partial charge on any atom is 0.242 e. The van der Waals surface area contributed by atoms with E-state index in [1.54, 1.807) is 0 Å². The van der Waals surface area contributed by atoms with Crippen molar-refractivity contribution in [1.29, 1.82) is 0 Å². The number of para-hydroxylation sites is 2. The quantitative estimate of drug-likeness (QED) is 0.723. The summed E-state index contributed by atoms with van der Waals surface area (Å²) in [6.45, 7) is 9.05. The zero-order chi connectivity index (χ0) is 15.8. The fraction of sp³-hybridized carbons (Fsp3) is 0.588. The van der Waals surface area contributed by atoms with Crippen LogP contribution in [0.4, 0.5) is 11.4 Å². The van der Waals surface area contributed by atoms with Gasteiger partial charge in [0.15, 0.2) is 0 Å². The Kier molecular flexibility index (Phi) is 7.06. The highest BCUT2D eigenvalue weighted by Gasteiger charge is 2.23. The predicted molar refractivity (Wildman–Crippen MR) is 90.5 cm³/mol. The van der Waals surface area contributed by atoms with Crippen LogP contribution in [0.2, 0.25) is 0 Å². The van der Waals surface area contributed by atoms with Crippen molar-refractivity contribution >= 4 is 17.3 Å². The van der Waals surface area contributed by atoms with Gasteiger partial charge in [0.2, 0.25) is 5.91 Å². The average Bonchev–Trinajstić information content (AvgIpc) is 2.50. The summed E-state index contributed by atoms with van der Waals surface area (Å²) < 4.78 is 0. The Bertz CT molecular complexity index is 443. The van der Waals surface area contributed by atoms with Gasteiger partial charge in [-0.3, -0.25) is 4.79 Å². The van der Waals surface area contributed by atoms with Gasteiger partial charge < -0.3 is 16.0 Å². The molecule has 3 N–H and O–H groups in total. The second-order valence-corrected chi connectivity index (χ2v) is 5.45. The minimum Gasteiger partial charge on any atom is -0.397 e. The minimum absolute atomic E-state index is 0.0698. The summed E-state index contributed by atoms with van der Waals surface area (Å²) in [4.78, 5) is 14.6. The molecule has 1 rings (SSSR count). The molecule has 1 amide bonds. The third kappa shape index (κ3) is 4.66. The Hall–Kier alpha value is -1.71. The smallest absolute Gasteiger partial charge is 0.242 e. The molecular formula is C17H29N3O. The zero-order valence-electron chi connectivity index (χ0n) is 13.7. The zero-order valence-corrected chi connectivity index (χ0v) is 13.7. The first-order chi connectivity index (χ1) is 10.0. The molecule has 0 spiro atoms. The molecule has 0 aliphatic heterocycles. The van der Waals surface area contributed by atoms with Gasteiger partial charge in [-0.15, -0.1) is 0 Å². The van der Waals surface area contributed by atoms with Crippen molar-refractivity contribution in [3.05, 3.63) is 24.3 Å². The largest absolute Gasteiger partial charge is 0.397 e. The predicted octanol–water partition coefficient (Wildman–Crippen LogP) is 3.18. The van der Waals surface area contributed by atoms with Crippen LogP contribution in [-0.2, 0) is 4.79 Å². The maximum atomic E-state index is 12.5. The Balaban J connectivity index is 2.90. The van der Waals surface area contributed by atoms with Crippen LogP contribution in [0, 0.1) is 0 Å². The first-order valence-corrected chi connectivity index (χ1v) is 7.96. The highest BCUT2D eigenvalue weighted by Crippen LogP contribution is 2.24. The third-order valence-corrected chi connectivity index (χ3v) is 3.89. The summed E-state index contributed by atoms with van der Waals surface area (Å²) >= 11 is 0. The second kappa shape index (κ2) is 8.55. The van der Waals surface area contributed by atoms with Gasteiger partial charge in [-0.25, -0.2) is 0 Å². The lowest BCUT2D eigenvalue weighted by Crippen LogP contribution is -2.48. The molecular weight excluding hydrogens is 262 g/mol. The lowest BCUT2D eigenvalue weighted by Gasteiger charge is -2.32. The first-order valence-electron chi connectivity index (χ1n) is 7.96. The van der Waals surface area contributed by atoms with Crippen LogP contribution in [-0.4, -0.2) is 24.5 Å². The number of rotatable bonds is 8. The maximum absolute atomic E-state index is 12.5. The topological polar surface area (TPSA) is 58.4 Å². The van der Waals surface area contributed by atoms with E-state index in [0.29, 0.717) is 5.69 Å². The molecule has 1 aromatic rings. The molecule has 1 aromatic carbocycles. The van der Waals surface area contributed by atoms with E-state index in [0.717, 1.165) is 31.5 Å². The minimum atomic E-state index is -0.227. The molecule has 1 unspecified atom stereocenters. The molecule has 118 valence electrons. The number of benzene rings is 1. The van der Waals surface area contributed by atoms with Crippen LogP contribution in [0.5, 0.6) is 0 Å². The number of nitrogens with one attached hydrogen (secondary N) is 1. The van der Waals surface area contributed by atoms with E-state index < -0.39 is 0 Å². The molecule has 0 heterocycles. The Morgan fingerprint density at radius 3 is 2.38 bits per heavy atom. The van der Waals surface area contributed by atoms with Gasteiger partial charge in [0.05, 0.1) is 11.4 Å². The number of nitrogens with two attached hydrogens (primary N) is 1. The number of nitrogen functional groups attached to an aromatic ring is 1. The molecule has 4 nitrogen and oxygen atoms in total. The van der Waals surface area contributed by atoms with E-state index in [9.17, 15) is 4.79 Å². The van der Waals surface area contributed by atoms with Gasteiger partial charge in [0, 0.05) is 12.6 Å². The third-order valence-electron chi connectivity index (χ3n) is 3.89. The van der Waals surface area contributed by atoms with Gasteiger partial charge in [-0.05, 0) is 38.3 Å². The van der Waals surface area contributed by atoms with Gasteiger partial charge in [0.25, 0.3) is 0 Å². The van der Waals surface area contributed by atoms with Gasteiger partial charge in [-0.1, -0.05) is 32.9 Å². The molecule has 0 radical (unpaired) electrons. The van der Waals surface area contributed by atoms with E-state index >= 15 is 0 Å². The van der Waals surface area contributed by atoms with Crippen molar-refractivity contribution in [2.45, 2.75) is 59.0 Å². The first kappa shape index (κ1) is 17.3. The Morgan fingerprint density at radius 1 is 1.24 bits per heavy atom. The number of hydrogen-bond donors (Lipinski definition) is 2. The van der Waals surface area contributed by atoms with Crippen LogP contribution in [0.25, 0.3) is 0 Å². The SMILES string of the molecule is CCCN(c1ccccc1N)C(C)C(=O)NC(CC)CC. The van der Waals surface area contributed by atoms with Crippen LogP contribution in [0.15, 0.2) is 24.3 Å². The van der Waals surface area contributed by atoms with E-state index in [2.05, 4.69) is 31.0 Å². The summed E-state index contributed by atoms with van der Waals surface area (Å²) in [5.74, 6) is 0.0698. The molecule has 0 bridgehead atoms. The summed E-state index contributed by atoms with van der Waals surface area (Å²) in [7, 11) is 0. The highest BCUT2D eigenvalue weighted by atomic mass is 16.2. The summed E-state index contributed by atoms with van der Waals surface area (Å²) in [5, 5.41) is 3.12. The average molecular weight is 291 g/mol. The van der Waals surface area contributed by atoms with Crippen molar-refractivity contribution in [3.63, 3.8) is 0 Å². The van der Waals surface area contributed by atoms with Gasteiger partial charge in [-0.2, -0.15) is 0 Å². The lowest BCUT2D eigenvalue weighted by atomic mass is 10.1.